The van der Waals surface area contributed by atoms with Gasteiger partial charge in [-0.15, -0.1) is 11.8 Å². The van der Waals surface area contributed by atoms with Crippen LogP contribution in [0.1, 0.15) is 41.2 Å². The van der Waals surface area contributed by atoms with E-state index in [1.54, 1.807) is 36.7 Å². The Labute approximate surface area is 263 Å². The van der Waals surface area contributed by atoms with E-state index in [0.717, 1.165) is 28.0 Å². The van der Waals surface area contributed by atoms with Gasteiger partial charge >= 0.3 is 24.8 Å². The topological polar surface area (TPSA) is 88.8 Å². The molecule has 2 unspecified atom stereocenters. The van der Waals surface area contributed by atoms with Crippen molar-refractivity contribution in [2.45, 2.75) is 30.4 Å². The van der Waals surface area contributed by atoms with E-state index in [4.69, 9.17) is 9.15 Å². The Balaban J connectivity index is 0.00000308. The molecule has 9 heteroatoms. The number of thioether (sulfide) groups is 2. The van der Waals surface area contributed by atoms with Crippen molar-refractivity contribution in [1.29, 1.82) is 0 Å². The number of carboxylic acid groups (broad SMARTS) is 1. The molecule has 0 fully saturated rings. The van der Waals surface area contributed by atoms with Gasteiger partial charge in [0.25, 0.3) is 5.91 Å². The zero-order valence-corrected chi connectivity index (χ0v) is 25.6. The maximum Gasteiger partial charge on any atom is 1.00 e. The Bertz CT molecular complexity index is 1480. The first kappa shape index (κ1) is 32.6. The third-order valence-corrected chi connectivity index (χ3v) is 8.12. The van der Waals surface area contributed by atoms with Crippen LogP contribution in [0.4, 0.5) is 0 Å². The summed E-state index contributed by atoms with van der Waals surface area (Å²) in [7, 11) is 1.62. The molecule has 6 nitrogen and oxygen atoms in total. The molecule has 0 saturated heterocycles. The minimum Gasteiger partial charge on any atom is -1.00 e. The molecular formula is C32H34LiNO5S2. The first-order valence-corrected chi connectivity index (χ1v) is 15.5. The number of hydrogen-bond acceptors (Lipinski definition) is 6. The summed E-state index contributed by atoms with van der Waals surface area (Å²) in [5.74, 6) is 0.532. The van der Waals surface area contributed by atoms with E-state index in [2.05, 4.69) is 17.4 Å². The van der Waals surface area contributed by atoms with Crippen LogP contribution in [0.2, 0.25) is 0 Å². The number of rotatable bonds is 12. The second-order valence-corrected chi connectivity index (χ2v) is 11.2. The van der Waals surface area contributed by atoms with Gasteiger partial charge in [0, 0.05) is 23.1 Å². The number of methoxy groups -OCH3 is 1. The van der Waals surface area contributed by atoms with E-state index in [-0.39, 0.29) is 20.3 Å². The third-order valence-electron chi connectivity index (χ3n) is 6.74. The number of aryl methyl sites for hydroxylation is 1. The fraction of sp³-hybridized carbons (Fsp3) is 0.250. The Hall–Kier alpha value is -2.86. The van der Waals surface area contributed by atoms with Crippen LogP contribution in [-0.2, 0) is 9.53 Å². The number of benzene rings is 3. The maximum atomic E-state index is 13.4. The number of aliphatic carboxylic acids is 1. The van der Waals surface area contributed by atoms with Gasteiger partial charge in [-0.3, -0.25) is 4.79 Å². The van der Waals surface area contributed by atoms with Crippen LogP contribution in [0.3, 0.4) is 0 Å². The summed E-state index contributed by atoms with van der Waals surface area (Å²) < 4.78 is 12.1. The first-order valence-electron chi connectivity index (χ1n) is 12.9. The Kier molecular flexibility index (Phi) is 12.3. The normalized spacial score (nSPS) is 12.3. The second-order valence-electron chi connectivity index (χ2n) is 9.31. The molecule has 1 amide bonds. The number of amides is 1. The predicted octanol–water partition coefficient (Wildman–Crippen LogP) is 4.43. The van der Waals surface area contributed by atoms with E-state index in [1.165, 1.54) is 4.90 Å². The van der Waals surface area contributed by atoms with E-state index in [9.17, 15) is 14.7 Å². The van der Waals surface area contributed by atoms with Gasteiger partial charge in [-0.2, -0.15) is 11.8 Å². The van der Waals surface area contributed by atoms with Crippen LogP contribution in [0.25, 0.3) is 22.5 Å². The summed E-state index contributed by atoms with van der Waals surface area (Å²) in [6, 6.07) is 24.3. The molecule has 0 radical (unpaired) electrons. The summed E-state index contributed by atoms with van der Waals surface area (Å²) in [4.78, 5) is 26.4. The summed E-state index contributed by atoms with van der Waals surface area (Å²) in [6.45, 7) is 1.98. The number of furan rings is 1. The fourth-order valence-electron chi connectivity index (χ4n) is 4.57. The van der Waals surface area contributed by atoms with Gasteiger partial charge in [-0.05, 0) is 90.3 Å². The Morgan fingerprint density at radius 3 is 2.37 bits per heavy atom. The Morgan fingerprint density at radius 2 is 1.73 bits per heavy atom. The molecule has 0 saturated carbocycles. The zero-order chi connectivity index (χ0) is 28.6. The summed E-state index contributed by atoms with van der Waals surface area (Å²) in [5, 5.41) is 12.4. The summed E-state index contributed by atoms with van der Waals surface area (Å²) in [5.41, 5.74) is 4.76. The van der Waals surface area contributed by atoms with Crippen molar-refractivity contribution in [1.82, 2.24) is 5.32 Å². The number of carboxylic acids is 1. The van der Waals surface area contributed by atoms with Crippen molar-refractivity contribution < 1.29 is 44.1 Å². The van der Waals surface area contributed by atoms with Crippen molar-refractivity contribution in [3.05, 3.63) is 101 Å². The largest absolute Gasteiger partial charge is 1.00 e. The molecule has 1 aromatic heterocycles. The van der Waals surface area contributed by atoms with Crippen LogP contribution >= 0.6 is 23.5 Å². The first-order chi connectivity index (χ1) is 19.4. The fourth-order valence-corrected chi connectivity index (χ4v) is 5.45. The minimum absolute atomic E-state index is 0. The second kappa shape index (κ2) is 15.4. The van der Waals surface area contributed by atoms with Crippen molar-refractivity contribution in [3.63, 3.8) is 0 Å². The van der Waals surface area contributed by atoms with E-state index in [0.29, 0.717) is 29.1 Å². The van der Waals surface area contributed by atoms with Crippen LogP contribution < -0.4 is 24.2 Å². The quantitative estimate of drug-likeness (QED) is 0.188. The van der Waals surface area contributed by atoms with Crippen LogP contribution in [0.5, 0.6) is 0 Å². The molecule has 4 aromatic rings. The molecule has 0 aliphatic heterocycles. The average molecular weight is 584 g/mol. The van der Waals surface area contributed by atoms with Gasteiger partial charge in [0.05, 0.1) is 0 Å². The van der Waals surface area contributed by atoms with Crippen molar-refractivity contribution in [2.24, 2.45) is 0 Å². The number of carbonyl (C=O) groups is 2. The van der Waals surface area contributed by atoms with Gasteiger partial charge in [0.15, 0.2) is 0 Å². The Morgan fingerprint density at radius 1 is 1.00 bits per heavy atom. The van der Waals surface area contributed by atoms with Gasteiger partial charge in [0.1, 0.15) is 23.7 Å². The predicted molar refractivity (Wildman–Crippen MR) is 164 cm³/mol. The molecule has 2 N–H and O–H groups in total. The summed E-state index contributed by atoms with van der Waals surface area (Å²) >= 11 is 3.23. The smallest absolute Gasteiger partial charge is 1.00 e. The maximum absolute atomic E-state index is 13.4. The molecule has 0 aliphatic carbocycles. The minimum atomic E-state index is -1.05. The molecule has 1 heterocycles. The van der Waals surface area contributed by atoms with E-state index in [1.807, 2.05) is 80.1 Å². The number of nitrogens with one attached hydrogen (secondary N) is 1. The number of carbonyl (C=O) groups excluding carboxylic acids is 1. The monoisotopic (exact) mass is 583 g/mol. The SMILES string of the molecule is COC(c1ccc(C(=O)NC(CCSC)C(=O)O)c(-c2ccccc2C)c1)c1ccc(-c2ccc(SC)cc2)o1.[H-].[Li+]. The van der Waals surface area contributed by atoms with Crippen LogP contribution in [0, 0.1) is 6.92 Å². The molecule has 2 atom stereocenters. The van der Waals surface area contributed by atoms with Gasteiger partial charge < -0.3 is 21.0 Å². The molecular weight excluding hydrogens is 549 g/mol. The van der Waals surface area contributed by atoms with Crippen molar-refractivity contribution in [2.75, 3.05) is 25.4 Å². The molecule has 210 valence electrons. The van der Waals surface area contributed by atoms with E-state index < -0.39 is 24.0 Å². The molecule has 0 spiro atoms. The van der Waals surface area contributed by atoms with Gasteiger partial charge in [0.2, 0.25) is 0 Å². The van der Waals surface area contributed by atoms with Crippen LogP contribution in [0.15, 0.2) is 88.2 Å². The number of hydrogen-bond donors (Lipinski definition) is 2. The average Bonchev–Trinajstić information content (AvgIpc) is 3.45. The molecule has 0 bridgehead atoms. The molecule has 0 aliphatic rings. The van der Waals surface area contributed by atoms with E-state index >= 15 is 0 Å². The van der Waals surface area contributed by atoms with Gasteiger partial charge in [-0.1, -0.05) is 42.5 Å². The molecule has 4 rings (SSSR count). The van der Waals surface area contributed by atoms with Crippen LogP contribution in [-0.4, -0.2) is 48.4 Å². The zero-order valence-electron chi connectivity index (χ0n) is 25.0. The standard InChI is InChI=1S/C32H33NO5S2.Li.H/c1-20-7-5-6-8-24(20)26-19-22(11-14-25(26)31(34)33-27(32(35)36)17-18-39-3)30(37-2)29-16-15-28(38-29)21-9-12-23(40-4)13-10-21;;/h5-16,19,27,30H,17-18H2,1-4H3,(H,33,34)(H,35,36);;/q;+1;-1. The van der Waals surface area contributed by atoms with Crippen molar-refractivity contribution in [3.8, 4) is 22.5 Å². The van der Waals surface area contributed by atoms with Crippen molar-refractivity contribution >= 4 is 35.4 Å². The third kappa shape index (κ3) is 7.91. The van der Waals surface area contributed by atoms with Gasteiger partial charge in [-0.25, -0.2) is 4.79 Å². The number of ether oxygens (including phenoxy) is 1. The summed E-state index contributed by atoms with van der Waals surface area (Å²) in [6.07, 6.45) is 3.78. The molecule has 3 aromatic carbocycles. The molecule has 41 heavy (non-hydrogen) atoms.